The Hall–Kier alpha value is -2.63. The highest BCUT2D eigenvalue weighted by Crippen LogP contribution is 2.15. The van der Waals surface area contributed by atoms with E-state index in [9.17, 15) is 14.4 Å². The monoisotopic (exact) mass is 827 g/mol. The van der Waals surface area contributed by atoms with Crippen LogP contribution in [0.15, 0.2) is 48.6 Å². The standard InChI is InChI=1S/C53H94O6/c1-4-7-10-13-16-19-22-25-26-29-31-34-37-40-43-46-52(55)58-49-50(59-53(56)47-44-41-38-35-32-28-24-21-18-15-12-9-6-3)48-57-51(54)45-42-39-36-33-30-27-23-20-17-14-11-8-5-2/h7,10,16,19,25-26,31,34,50H,4-6,8-9,11-15,17-18,20-24,27-30,32-33,35-49H2,1-3H3/b10-7-,19-16-,26-25-,34-31-/t50-/m1/s1. The van der Waals surface area contributed by atoms with Gasteiger partial charge >= 0.3 is 17.9 Å². The molecule has 6 heteroatoms. The highest BCUT2D eigenvalue weighted by molar-refractivity contribution is 5.71. The van der Waals surface area contributed by atoms with Gasteiger partial charge in [-0.3, -0.25) is 14.4 Å². The second-order valence-electron chi connectivity index (χ2n) is 16.7. The second-order valence-corrected chi connectivity index (χ2v) is 16.7. The van der Waals surface area contributed by atoms with Crippen LogP contribution in [0.1, 0.15) is 252 Å². The van der Waals surface area contributed by atoms with E-state index in [1.54, 1.807) is 0 Å². The summed E-state index contributed by atoms with van der Waals surface area (Å²) in [6.07, 6.45) is 56.6. The maximum atomic E-state index is 12.8. The summed E-state index contributed by atoms with van der Waals surface area (Å²) >= 11 is 0. The van der Waals surface area contributed by atoms with E-state index >= 15 is 0 Å². The van der Waals surface area contributed by atoms with Gasteiger partial charge in [-0.15, -0.1) is 0 Å². The van der Waals surface area contributed by atoms with Gasteiger partial charge < -0.3 is 14.2 Å². The summed E-state index contributed by atoms with van der Waals surface area (Å²) in [5, 5.41) is 0. The maximum Gasteiger partial charge on any atom is 0.306 e. The van der Waals surface area contributed by atoms with Gasteiger partial charge in [-0.1, -0.05) is 223 Å². The molecule has 59 heavy (non-hydrogen) atoms. The Labute approximate surface area is 365 Å². The zero-order valence-corrected chi connectivity index (χ0v) is 39.0. The van der Waals surface area contributed by atoms with Crippen LogP contribution in [-0.2, 0) is 28.6 Å². The van der Waals surface area contributed by atoms with Crippen LogP contribution in [0.2, 0.25) is 0 Å². The molecule has 0 spiro atoms. The summed E-state index contributed by atoms with van der Waals surface area (Å²) in [6.45, 7) is 6.50. The zero-order valence-electron chi connectivity index (χ0n) is 39.0. The van der Waals surface area contributed by atoms with E-state index in [1.165, 1.54) is 128 Å². The van der Waals surface area contributed by atoms with Crippen molar-refractivity contribution in [3.05, 3.63) is 48.6 Å². The molecule has 0 heterocycles. The van der Waals surface area contributed by atoms with Crippen LogP contribution < -0.4 is 0 Å². The lowest BCUT2D eigenvalue weighted by atomic mass is 10.0. The Morgan fingerprint density at radius 2 is 0.661 bits per heavy atom. The number of unbranched alkanes of at least 4 members (excludes halogenated alkanes) is 26. The maximum absolute atomic E-state index is 12.8. The lowest BCUT2D eigenvalue weighted by Gasteiger charge is -2.18. The molecule has 0 aliphatic carbocycles. The van der Waals surface area contributed by atoms with Crippen LogP contribution in [0.3, 0.4) is 0 Å². The van der Waals surface area contributed by atoms with E-state index in [-0.39, 0.29) is 31.1 Å². The Balaban J connectivity index is 4.42. The summed E-state index contributed by atoms with van der Waals surface area (Å²) in [5.41, 5.74) is 0. The van der Waals surface area contributed by atoms with Crippen LogP contribution in [0.5, 0.6) is 0 Å². The van der Waals surface area contributed by atoms with E-state index in [0.29, 0.717) is 19.3 Å². The van der Waals surface area contributed by atoms with Crippen molar-refractivity contribution < 1.29 is 28.6 Å². The third kappa shape index (κ3) is 46.3. The van der Waals surface area contributed by atoms with E-state index in [4.69, 9.17) is 14.2 Å². The molecule has 0 N–H and O–H groups in total. The van der Waals surface area contributed by atoms with Crippen LogP contribution >= 0.6 is 0 Å². The molecule has 0 aliphatic rings. The van der Waals surface area contributed by atoms with Gasteiger partial charge in [0.05, 0.1) is 0 Å². The van der Waals surface area contributed by atoms with Crippen molar-refractivity contribution in [2.45, 2.75) is 258 Å². The number of hydrogen-bond donors (Lipinski definition) is 0. The molecule has 0 unspecified atom stereocenters. The number of carbonyl (C=O) groups excluding carboxylic acids is 3. The predicted molar refractivity (Wildman–Crippen MR) is 252 cm³/mol. The molecule has 0 aliphatic heterocycles. The molecule has 0 rings (SSSR count). The van der Waals surface area contributed by atoms with Crippen LogP contribution in [-0.4, -0.2) is 37.2 Å². The molecule has 0 aromatic heterocycles. The van der Waals surface area contributed by atoms with E-state index in [0.717, 1.165) is 83.5 Å². The molecule has 0 amide bonds. The molecular formula is C53H94O6. The first kappa shape index (κ1) is 56.4. The van der Waals surface area contributed by atoms with Gasteiger partial charge in [-0.25, -0.2) is 0 Å². The van der Waals surface area contributed by atoms with Gasteiger partial charge in [0, 0.05) is 19.3 Å². The molecule has 0 saturated carbocycles. The van der Waals surface area contributed by atoms with Gasteiger partial charge in [-0.2, -0.15) is 0 Å². The first-order valence-corrected chi connectivity index (χ1v) is 25.1. The molecule has 342 valence electrons. The molecule has 0 radical (unpaired) electrons. The molecule has 0 aromatic carbocycles. The van der Waals surface area contributed by atoms with Crippen molar-refractivity contribution in [2.24, 2.45) is 0 Å². The average molecular weight is 827 g/mol. The third-order valence-electron chi connectivity index (χ3n) is 10.8. The number of esters is 3. The van der Waals surface area contributed by atoms with Gasteiger partial charge in [0.2, 0.25) is 0 Å². The Morgan fingerprint density at radius 1 is 0.356 bits per heavy atom. The Kier molecular flexibility index (Phi) is 45.9. The summed E-state index contributed by atoms with van der Waals surface area (Å²) in [6, 6.07) is 0. The van der Waals surface area contributed by atoms with Crippen LogP contribution in [0.25, 0.3) is 0 Å². The highest BCUT2D eigenvalue weighted by Gasteiger charge is 2.19. The zero-order chi connectivity index (χ0) is 43.0. The number of ether oxygens (including phenoxy) is 3. The number of rotatable bonds is 45. The summed E-state index contributed by atoms with van der Waals surface area (Å²) in [5.74, 6) is -0.918. The Morgan fingerprint density at radius 3 is 1.03 bits per heavy atom. The average Bonchev–Trinajstić information content (AvgIpc) is 3.23. The van der Waals surface area contributed by atoms with Crippen molar-refractivity contribution in [3.8, 4) is 0 Å². The minimum absolute atomic E-state index is 0.0826. The second kappa shape index (κ2) is 48.0. The first-order valence-electron chi connectivity index (χ1n) is 25.1. The smallest absolute Gasteiger partial charge is 0.306 e. The topological polar surface area (TPSA) is 78.9 Å². The summed E-state index contributed by atoms with van der Waals surface area (Å²) in [7, 11) is 0. The van der Waals surface area contributed by atoms with Gasteiger partial charge in [0.1, 0.15) is 13.2 Å². The minimum Gasteiger partial charge on any atom is -0.462 e. The minimum atomic E-state index is -0.784. The molecular weight excluding hydrogens is 733 g/mol. The van der Waals surface area contributed by atoms with Crippen molar-refractivity contribution in [2.75, 3.05) is 13.2 Å². The Bertz CT molecular complexity index is 1040. The van der Waals surface area contributed by atoms with E-state index in [2.05, 4.69) is 69.4 Å². The lowest BCUT2D eigenvalue weighted by Crippen LogP contribution is -2.30. The molecule has 0 saturated heterocycles. The quantitative estimate of drug-likeness (QED) is 0.0263. The van der Waals surface area contributed by atoms with Gasteiger partial charge in [-0.05, 0) is 57.8 Å². The fourth-order valence-electron chi connectivity index (χ4n) is 7.08. The fourth-order valence-corrected chi connectivity index (χ4v) is 7.08. The van der Waals surface area contributed by atoms with Gasteiger partial charge in [0.25, 0.3) is 0 Å². The molecule has 0 fully saturated rings. The summed E-state index contributed by atoms with van der Waals surface area (Å²) < 4.78 is 16.7. The lowest BCUT2D eigenvalue weighted by molar-refractivity contribution is -0.167. The van der Waals surface area contributed by atoms with E-state index in [1.807, 2.05) is 0 Å². The largest absolute Gasteiger partial charge is 0.462 e. The van der Waals surface area contributed by atoms with Crippen molar-refractivity contribution >= 4 is 17.9 Å². The highest BCUT2D eigenvalue weighted by atomic mass is 16.6. The fraction of sp³-hybridized carbons (Fsp3) is 0.792. The summed E-state index contributed by atoms with van der Waals surface area (Å²) in [4.78, 5) is 37.9. The van der Waals surface area contributed by atoms with Crippen molar-refractivity contribution in [1.29, 1.82) is 0 Å². The molecule has 0 aromatic rings. The predicted octanol–water partition coefficient (Wildman–Crippen LogP) is 16.3. The molecule has 0 bridgehead atoms. The number of carbonyl (C=O) groups is 3. The third-order valence-corrected chi connectivity index (χ3v) is 10.8. The normalized spacial score (nSPS) is 12.4. The van der Waals surface area contributed by atoms with Gasteiger partial charge in [0.15, 0.2) is 6.10 Å². The van der Waals surface area contributed by atoms with Crippen LogP contribution in [0, 0.1) is 0 Å². The number of hydrogen-bond acceptors (Lipinski definition) is 6. The first-order chi connectivity index (χ1) is 29.0. The van der Waals surface area contributed by atoms with Crippen molar-refractivity contribution in [1.82, 2.24) is 0 Å². The van der Waals surface area contributed by atoms with E-state index < -0.39 is 6.10 Å². The number of allylic oxidation sites excluding steroid dienone is 8. The SMILES string of the molecule is CC/C=C\C/C=C\C/C=C\C/C=C\CCCCC(=O)OC[C@@H](COC(=O)CCCCCCCCCCCCCCC)OC(=O)CCCCCCCCCCCCCCC. The van der Waals surface area contributed by atoms with Crippen molar-refractivity contribution in [3.63, 3.8) is 0 Å². The molecule has 6 nitrogen and oxygen atoms in total. The van der Waals surface area contributed by atoms with Crippen LogP contribution in [0.4, 0.5) is 0 Å². The molecule has 1 atom stereocenters.